The molecule has 0 atom stereocenters. The molecule has 2 nitrogen and oxygen atoms in total. The Morgan fingerprint density at radius 3 is 1.36 bits per heavy atom. The summed E-state index contributed by atoms with van der Waals surface area (Å²) in [7, 11) is 2.11. The Labute approximate surface area is 334 Å². The SMILES string of the molecule is Cn1c(-c2ccccc2)nc2cc(-c3c4ccccc4c(-c4cc5ccc6cccc7c8cccc9ccc%10cccc(c(c4)c5c67)c%10c98)c4ccccc34)ccc21. The van der Waals surface area contributed by atoms with Gasteiger partial charge in [-0.05, 0) is 133 Å². The Morgan fingerprint density at radius 2 is 0.793 bits per heavy atom. The maximum absolute atomic E-state index is 5.19. The zero-order valence-corrected chi connectivity index (χ0v) is 31.8. The van der Waals surface area contributed by atoms with E-state index in [-0.39, 0.29) is 0 Å². The molecular formula is C56H34N2. The number of imidazole rings is 1. The molecule has 1 heterocycles. The first-order valence-electron chi connectivity index (χ1n) is 20.1. The third-order valence-corrected chi connectivity index (χ3v) is 12.8. The first-order valence-corrected chi connectivity index (χ1v) is 20.1. The van der Waals surface area contributed by atoms with E-state index in [0.717, 1.165) is 22.4 Å². The van der Waals surface area contributed by atoms with Crippen molar-refractivity contribution in [3.8, 4) is 33.6 Å². The van der Waals surface area contributed by atoms with E-state index in [1.54, 1.807) is 0 Å². The summed E-state index contributed by atoms with van der Waals surface area (Å²) >= 11 is 0. The quantitative estimate of drug-likeness (QED) is 0.131. The molecule has 0 radical (unpaired) electrons. The zero-order valence-electron chi connectivity index (χ0n) is 31.8. The first-order chi connectivity index (χ1) is 28.7. The summed E-state index contributed by atoms with van der Waals surface area (Å²) in [6, 6.07) is 69.9. The molecule has 58 heavy (non-hydrogen) atoms. The number of fused-ring (bicyclic) bond motifs is 5. The van der Waals surface area contributed by atoms with E-state index < -0.39 is 0 Å². The smallest absolute Gasteiger partial charge is 0.140 e. The lowest BCUT2D eigenvalue weighted by atomic mass is 9.83. The van der Waals surface area contributed by atoms with Crippen molar-refractivity contribution in [1.82, 2.24) is 9.55 Å². The minimum atomic E-state index is 0.972. The Kier molecular flexibility index (Phi) is 6.40. The lowest BCUT2D eigenvalue weighted by Gasteiger charge is -2.20. The Hall–Kier alpha value is -7.55. The molecule has 0 unspecified atom stereocenters. The molecule has 0 aliphatic heterocycles. The van der Waals surface area contributed by atoms with Crippen LogP contribution in [0.4, 0.5) is 0 Å². The molecule has 0 fully saturated rings. The van der Waals surface area contributed by atoms with Crippen LogP contribution in [-0.2, 0) is 7.05 Å². The van der Waals surface area contributed by atoms with Crippen LogP contribution in [0.25, 0.3) is 131 Å². The van der Waals surface area contributed by atoms with Gasteiger partial charge in [0, 0.05) is 12.6 Å². The fourth-order valence-electron chi connectivity index (χ4n) is 10.4. The molecule has 0 saturated carbocycles. The van der Waals surface area contributed by atoms with E-state index in [9.17, 15) is 0 Å². The summed E-state index contributed by atoms with van der Waals surface area (Å²) in [5.41, 5.74) is 8.13. The molecule has 0 amide bonds. The van der Waals surface area contributed by atoms with Crippen LogP contribution < -0.4 is 0 Å². The van der Waals surface area contributed by atoms with Crippen molar-refractivity contribution in [2.24, 2.45) is 7.05 Å². The molecule has 0 aliphatic rings. The predicted molar refractivity (Wildman–Crippen MR) is 248 cm³/mol. The molecule has 13 rings (SSSR count). The monoisotopic (exact) mass is 734 g/mol. The number of hydrogen-bond donors (Lipinski definition) is 0. The highest BCUT2D eigenvalue weighted by atomic mass is 15.1. The zero-order chi connectivity index (χ0) is 38.1. The predicted octanol–water partition coefficient (Wildman–Crippen LogP) is 15.2. The second-order valence-electron chi connectivity index (χ2n) is 15.9. The molecule has 1 aromatic heterocycles. The third kappa shape index (κ3) is 4.29. The Balaban J connectivity index is 1.15. The van der Waals surface area contributed by atoms with E-state index in [2.05, 4.69) is 200 Å². The maximum Gasteiger partial charge on any atom is 0.140 e. The number of aromatic nitrogens is 2. The van der Waals surface area contributed by atoms with E-state index in [4.69, 9.17) is 4.98 Å². The van der Waals surface area contributed by atoms with Gasteiger partial charge < -0.3 is 4.57 Å². The van der Waals surface area contributed by atoms with E-state index in [1.807, 2.05) is 0 Å². The highest BCUT2D eigenvalue weighted by molar-refractivity contribution is 6.37. The summed E-state index contributed by atoms with van der Waals surface area (Å²) in [6.45, 7) is 0. The molecular weight excluding hydrogens is 701 g/mol. The second-order valence-corrected chi connectivity index (χ2v) is 15.9. The van der Waals surface area contributed by atoms with Crippen LogP contribution in [0, 0.1) is 0 Å². The molecule has 13 aromatic rings. The van der Waals surface area contributed by atoms with Crippen LogP contribution >= 0.6 is 0 Å². The number of hydrogen-bond acceptors (Lipinski definition) is 1. The van der Waals surface area contributed by atoms with Crippen molar-refractivity contribution in [3.63, 3.8) is 0 Å². The van der Waals surface area contributed by atoms with Gasteiger partial charge in [-0.25, -0.2) is 4.98 Å². The van der Waals surface area contributed by atoms with Crippen molar-refractivity contribution >= 4 is 97.2 Å². The van der Waals surface area contributed by atoms with Gasteiger partial charge in [0.25, 0.3) is 0 Å². The summed E-state index contributed by atoms with van der Waals surface area (Å²) in [6.07, 6.45) is 0. The number of aryl methyl sites for hydroxylation is 1. The number of benzene rings is 11. The highest BCUT2D eigenvalue weighted by Gasteiger charge is 2.21. The highest BCUT2D eigenvalue weighted by Crippen LogP contribution is 2.48. The van der Waals surface area contributed by atoms with Crippen LogP contribution in [-0.4, -0.2) is 9.55 Å². The third-order valence-electron chi connectivity index (χ3n) is 12.8. The first kappa shape index (κ1) is 31.6. The largest absolute Gasteiger partial charge is 0.327 e. The van der Waals surface area contributed by atoms with E-state index in [0.29, 0.717) is 0 Å². The van der Waals surface area contributed by atoms with E-state index >= 15 is 0 Å². The normalized spacial score (nSPS) is 12.2. The Morgan fingerprint density at radius 1 is 0.328 bits per heavy atom. The standard InChI is InChI=1S/C56H34N2/c1-58-49-29-28-38(32-48(49)57-56(58)36-12-3-2-4-13-36)50-40-17-5-7-19-42(40)51(43-20-8-6-18-41(43)50)39-30-37-27-26-35-15-10-22-45-44-21-9-14-33-24-25-34-16-11-23-46(54(34)52(33)44)47(31-39)55(37)53(35)45/h2-32H,1H3. The molecule has 12 aromatic carbocycles. The number of rotatable bonds is 3. The molecule has 2 heteroatoms. The molecule has 0 saturated heterocycles. The van der Waals surface area contributed by atoms with Gasteiger partial charge in [0.15, 0.2) is 0 Å². The molecule has 0 spiro atoms. The summed E-state index contributed by atoms with van der Waals surface area (Å²) < 4.78 is 2.20. The van der Waals surface area contributed by atoms with Gasteiger partial charge in [-0.2, -0.15) is 0 Å². The van der Waals surface area contributed by atoms with Gasteiger partial charge in [-0.15, -0.1) is 0 Å². The van der Waals surface area contributed by atoms with Crippen LogP contribution in [0.5, 0.6) is 0 Å². The van der Waals surface area contributed by atoms with Gasteiger partial charge in [-0.3, -0.25) is 0 Å². The van der Waals surface area contributed by atoms with Crippen molar-refractivity contribution in [2.45, 2.75) is 0 Å². The van der Waals surface area contributed by atoms with Crippen LogP contribution in [0.1, 0.15) is 0 Å². The minimum absolute atomic E-state index is 0.972. The van der Waals surface area contributed by atoms with Gasteiger partial charge >= 0.3 is 0 Å². The summed E-state index contributed by atoms with van der Waals surface area (Å²) in [5.74, 6) is 0.972. The van der Waals surface area contributed by atoms with Crippen molar-refractivity contribution in [2.75, 3.05) is 0 Å². The topological polar surface area (TPSA) is 17.8 Å². The van der Waals surface area contributed by atoms with Crippen LogP contribution in [0.3, 0.4) is 0 Å². The van der Waals surface area contributed by atoms with Gasteiger partial charge in [0.1, 0.15) is 5.82 Å². The molecule has 0 aliphatic carbocycles. The van der Waals surface area contributed by atoms with Crippen molar-refractivity contribution < 1.29 is 0 Å². The molecule has 268 valence electrons. The van der Waals surface area contributed by atoms with Crippen LogP contribution in [0.2, 0.25) is 0 Å². The average Bonchev–Trinajstić information content (AvgIpc) is 3.61. The second kappa shape index (κ2) is 11.7. The molecule has 0 N–H and O–H groups in total. The van der Waals surface area contributed by atoms with Crippen LogP contribution in [0.15, 0.2) is 188 Å². The number of nitrogens with zero attached hydrogens (tertiary/aromatic N) is 2. The van der Waals surface area contributed by atoms with Gasteiger partial charge in [-0.1, -0.05) is 164 Å². The summed E-state index contributed by atoms with van der Waals surface area (Å²) in [4.78, 5) is 5.19. The minimum Gasteiger partial charge on any atom is -0.327 e. The average molecular weight is 735 g/mol. The molecule has 0 bridgehead atoms. The lowest BCUT2D eigenvalue weighted by molar-refractivity contribution is 0.959. The van der Waals surface area contributed by atoms with E-state index in [1.165, 1.54) is 108 Å². The summed E-state index contributed by atoms with van der Waals surface area (Å²) in [5, 5.41) is 20.5. The fraction of sp³-hybridized carbons (Fsp3) is 0.0179. The van der Waals surface area contributed by atoms with Gasteiger partial charge in [0.2, 0.25) is 0 Å². The maximum atomic E-state index is 5.19. The Bertz CT molecular complexity index is 3790. The van der Waals surface area contributed by atoms with Crippen molar-refractivity contribution in [3.05, 3.63) is 188 Å². The van der Waals surface area contributed by atoms with Crippen molar-refractivity contribution in [1.29, 1.82) is 0 Å². The fourth-order valence-corrected chi connectivity index (χ4v) is 10.4. The van der Waals surface area contributed by atoms with Gasteiger partial charge in [0.05, 0.1) is 11.0 Å². The lowest BCUT2D eigenvalue weighted by Crippen LogP contribution is -1.93.